The van der Waals surface area contributed by atoms with Gasteiger partial charge in [-0.25, -0.2) is 4.68 Å². The fourth-order valence-corrected chi connectivity index (χ4v) is 1.69. The third-order valence-corrected chi connectivity index (χ3v) is 2.88. The number of benzene rings is 1. The number of hydrogen-bond donors (Lipinski definition) is 2. The van der Waals surface area contributed by atoms with Crippen molar-refractivity contribution < 1.29 is 9.53 Å². The molecule has 0 saturated carbocycles. The summed E-state index contributed by atoms with van der Waals surface area (Å²) in [5.74, 6) is -0.285. The van der Waals surface area contributed by atoms with Gasteiger partial charge >= 0.3 is 0 Å². The molecule has 0 fully saturated rings. The van der Waals surface area contributed by atoms with Crippen molar-refractivity contribution in [1.82, 2.24) is 20.2 Å². The molecule has 1 amide bonds. The SMILES string of the molecule is COC(CN)C(=O)Nc1cc(-n2cnnn2)ccc1C. The van der Waals surface area contributed by atoms with E-state index in [2.05, 4.69) is 20.8 Å². The number of carbonyl (C=O) groups excluding carboxylic acids is 1. The van der Waals surface area contributed by atoms with Gasteiger partial charge in [0.15, 0.2) is 0 Å². The summed E-state index contributed by atoms with van der Waals surface area (Å²) in [4.78, 5) is 12.0. The molecule has 0 aliphatic heterocycles. The smallest absolute Gasteiger partial charge is 0.254 e. The van der Waals surface area contributed by atoms with Crippen LogP contribution in [0.3, 0.4) is 0 Å². The van der Waals surface area contributed by atoms with Gasteiger partial charge in [-0.3, -0.25) is 4.79 Å². The average Bonchev–Trinajstić information content (AvgIpc) is 2.96. The van der Waals surface area contributed by atoms with Crippen molar-refractivity contribution in [3.05, 3.63) is 30.1 Å². The quantitative estimate of drug-likeness (QED) is 0.788. The van der Waals surface area contributed by atoms with Crippen LogP contribution in [0, 0.1) is 6.92 Å². The van der Waals surface area contributed by atoms with Gasteiger partial charge in [0, 0.05) is 19.3 Å². The summed E-state index contributed by atoms with van der Waals surface area (Å²) in [6.45, 7) is 2.01. The molecule has 3 N–H and O–H groups in total. The van der Waals surface area contributed by atoms with E-state index in [0.717, 1.165) is 11.3 Å². The number of tetrazole rings is 1. The van der Waals surface area contributed by atoms with Gasteiger partial charge in [0.1, 0.15) is 12.4 Å². The highest BCUT2D eigenvalue weighted by Gasteiger charge is 2.16. The Kier molecular flexibility index (Phi) is 4.38. The summed E-state index contributed by atoms with van der Waals surface area (Å²) in [6, 6.07) is 5.52. The molecule has 8 heteroatoms. The molecule has 2 rings (SSSR count). The largest absolute Gasteiger partial charge is 0.370 e. The highest BCUT2D eigenvalue weighted by molar-refractivity contribution is 5.95. The number of carbonyl (C=O) groups is 1. The number of nitrogens with two attached hydrogens (primary N) is 1. The van der Waals surface area contributed by atoms with Gasteiger partial charge in [0.25, 0.3) is 5.91 Å². The molecule has 1 unspecified atom stereocenters. The third-order valence-electron chi connectivity index (χ3n) is 2.88. The molecule has 0 aliphatic carbocycles. The number of amides is 1. The predicted octanol–water partition coefficient (Wildman–Crippen LogP) is -0.117. The number of nitrogens with zero attached hydrogens (tertiary/aromatic N) is 4. The minimum absolute atomic E-state index is 0.119. The lowest BCUT2D eigenvalue weighted by Crippen LogP contribution is -2.36. The van der Waals surface area contributed by atoms with E-state index in [-0.39, 0.29) is 12.5 Å². The molecule has 1 atom stereocenters. The standard InChI is InChI=1S/C12H16N6O2/c1-8-3-4-9(18-7-14-16-17-18)5-10(8)15-12(19)11(6-13)20-2/h3-5,7,11H,6,13H2,1-2H3,(H,15,19). The van der Waals surface area contributed by atoms with E-state index in [1.54, 1.807) is 6.07 Å². The molecule has 0 bridgehead atoms. The zero-order valence-electron chi connectivity index (χ0n) is 11.3. The molecule has 1 heterocycles. The van der Waals surface area contributed by atoms with Crippen LogP contribution < -0.4 is 11.1 Å². The molecule has 2 aromatic rings. The zero-order chi connectivity index (χ0) is 14.5. The molecule has 8 nitrogen and oxygen atoms in total. The Morgan fingerprint density at radius 1 is 1.55 bits per heavy atom. The second-order valence-corrected chi connectivity index (χ2v) is 4.20. The molecule has 0 saturated heterocycles. The minimum atomic E-state index is -0.675. The maximum Gasteiger partial charge on any atom is 0.254 e. The van der Waals surface area contributed by atoms with Crippen molar-refractivity contribution >= 4 is 11.6 Å². The number of aromatic nitrogens is 4. The Balaban J connectivity index is 2.23. The number of nitrogens with one attached hydrogen (secondary N) is 1. The Hall–Kier alpha value is -2.32. The number of ether oxygens (including phenoxy) is 1. The molecule has 0 radical (unpaired) electrons. The normalized spacial score (nSPS) is 12.2. The molecule has 1 aromatic heterocycles. The van der Waals surface area contributed by atoms with Crippen molar-refractivity contribution in [2.45, 2.75) is 13.0 Å². The zero-order valence-corrected chi connectivity index (χ0v) is 11.3. The fourth-order valence-electron chi connectivity index (χ4n) is 1.69. The van der Waals surface area contributed by atoms with Gasteiger partial charge in [-0.2, -0.15) is 0 Å². The van der Waals surface area contributed by atoms with Crippen molar-refractivity contribution in [1.29, 1.82) is 0 Å². The first-order chi connectivity index (χ1) is 9.65. The van der Waals surface area contributed by atoms with Gasteiger partial charge in [-0.05, 0) is 35.0 Å². The number of methoxy groups -OCH3 is 1. The predicted molar refractivity (Wildman–Crippen MR) is 72.4 cm³/mol. The summed E-state index contributed by atoms with van der Waals surface area (Å²) >= 11 is 0. The van der Waals surface area contributed by atoms with Crippen LogP contribution in [-0.2, 0) is 9.53 Å². The van der Waals surface area contributed by atoms with E-state index < -0.39 is 6.10 Å². The van der Waals surface area contributed by atoms with E-state index in [9.17, 15) is 4.79 Å². The summed E-state index contributed by atoms with van der Waals surface area (Å²) in [5.41, 5.74) is 7.80. The van der Waals surface area contributed by atoms with Crippen LogP contribution in [0.4, 0.5) is 5.69 Å². The average molecular weight is 276 g/mol. The van der Waals surface area contributed by atoms with E-state index in [1.165, 1.54) is 18.1 Å². The maximum atomic E-state index is 12.0. The number of aryl methyl sites for hydroxylation is 1. The van der Waals surface area contributed by atoms with Gasteiger partial charge in [-0.15, -0.1) is 5.10 Å². The van der Waals surface area contributed by atoms with E-state index in [0.29, 0.717) is 5.69 Å². The second kappa shape index (κ2) is 6.22. The van der Waals surface area contributed by atoms with Crippen LogP contribution in [0.2, 0.25) is 0 Å². The topological polar surface area (TPSA) is 108 Å². The Morgan fingerprint density at radius 3 is 2.95 bits per heavy atom. The number of rotatable bonds is 5. The van der Waals surface area contributed by atoms with Gasteiger partial charge in [-0.1, -0.05) is 6.07 Å². The van der Waals surface area contributed by atoms with Crippen molar-refractivity contribution in [2.24, 2.45) is 5.73 Å². The van der Waals surface area contributed by atoms with Crippen LogP contribution in [-0.4, -0.2) is 45.9 Å². The third kappa shape index (κ3) is 2.98. The van der Waals surface area contributed by atoms with Crippen LogP contribution >= 0.6 is 0 Å². The van der Waals surface area contributed by atoms with E-state index in [4.69, 9.17) is 10.5 Å². The lowest BCUT2D eigenvalue weighted by Gasteiger charge is -2.15. The maximum absolute atomic E-state index is 12.0. The first-order valence-corrected chi connectivity index (χ1v) is 6.03. The molecule has 0 aliphatic rings. The lowest BCUT2D eigenvalue weighted by molar-refractivity contribution is -0.125. The van der Waals surface area contributed by atoms with Gasteiger partial charge in [0.2, 0.25) is 0 Å². The van der Waals surface area contributed by atoms with Crippen LogP contribution in [0.15, 0.2) is 24.5 Å². The Labute approximate surface area is 115 Å². The summed E-state index contributed by atoms with van der Waals surface area (Å²) in [6.07, 6.45) is 0.805. The van der Waals surface area contributed by atoms with E-state index >= 15 is 0 Å². The first kappa shape index (κ1) is 14.1. The summed E-state index contributed by atoms with van der Waals surface area (Å²) < 4.78 is 6.51. The van der Waals surface area contributed by atoms with Crippen molar-refractivity contribution in [2.75, 3.05) is 19.0 Å². The highest BCUT2D eigenvalue weighted by Crippen LogP contribution is 2.19. The lowest BCUT2D eigenvalue weighted by atomic mass is 10.1. The Bertz CT molecular complexity index is 580. The molecular formula is C12H16N6O2. The Morgan fingerprint density at radius 2 is 2.35 bits per heavy atom. The van der Waals surface area contributed by atoms with Crippen LogP contribution in [0.1, 0.15) is 5.56 Å². The molecular weight excluding hydrogens is 260 g/mol. The second-order valence-electron chi connectivity index (χ2n) is 4.20. The van der Waals surface area contributed by atoms with Crippen LogP contribution in [0.5, 0.6) is 0 Å². The summed E-state index contributed by atoms with van der Waals surface area (Å²) in [7, 11) is 1.45. The van der Waals surface area contributed by atoms with Crippen molar-refractivity contribution in [3.8, 4) is 5.69 Å². The van der Waals surface area contributed by atoms with Gasteiger partial charge in [0.05, 0.1) is 5.69 Å². The number of hydrogen-bond acceptors (Lipinski definition) is 6. The molecule has 0 spiro atoms. The highest BCUT2D eigenvalue weighted by atomic mass is 16.5. The fraction of sp³-hybridized carbons (Fsp3) is 0.333. The number of anilines is 1. The minimum Gasteiger partial charge on any atom is -0.370 e. The first-order valence-electron chi connectivity index (χ1n) is 6.03. The van der Waals surface area contributed by atoms with Crippen LogP contribution in [0.25, 0.3) is 5.69 Å². The van der Waals surface area contributed by atoms with Crippen molar-refractivity contribution in [3.63, 3.8) is 0 Å². The molecule has 1 aromatic carbocycles. The monoisotopic (exact) mass is 276 g/mol. The summed E-state index contributed by atoms with van der Waals surface area (Å²) in [5, 5.41) is 13.7. The molecule has 20 heavy (non-hydrogen) atoms. The van der Waals surface area contributed by atoms with E-state index in [1.807, 2.05) is 19.1 Å². The van der Waals surface area contributed by atoms with Gasteiger partial charge < -0.3 is 15.8 Å². The molecule has 106 valence electrons.